The molecule has 0 bridgehead atoms. The van der Waals surface area contributed by atoms with E-state index in [4.69, 9.17) is 20.7 Å². The summed E-state index contributed by atoms with van der Waals surface area (Å²) in [6.45, 7) is 2.62. The van der Waals surface area contributed by atoms with Crippen LogP contribution in [0.15, 0.2) is 24.3 Å². The number of unbranched alkanes of at least 4 members (excludes halogenated alkanes) is 3. The second-order valence-electron chi connectivity index (χ2n) is 6.09. The average Bonchev–Trinajstić information content (AvgIpc) is 2.56. The molecule has 0 aliphatic rings. The van der Waals surface area contributed by atoms with Gasteiger partial charge in [-0.05, 0) is 43.4 Å². The highest BCUT2D eigenvalue weighted by atomic mass is 16.5. The van der Waals surface area contributed by atoms with Crippen LogP contribution in [0.2, 0.25) is 0 Å². The molecule has 0 saturated heterocycles. The standard InChI is InChI=1S/C18H31NO3/c1-2-3-6-13-22-17-10-8-16(9-11-17)7-4-5-12-18(19,14-20)15-21/h8-11,20-21H,2-7,12-15,19H2,1H3. The van der Waals surface area contributed by atoms with Crippen molar-refractivity contribution in [1.82, 2.24) is 0 Å². The summed E-state index contributed by atoms with van der Waals surface area (Å²) in [6, 6.07) is 8.25. The molecule has 0 aliphatic heterocycles. The van der Waals surface area contributed by atoms with Gasteiger partial charge in [0.05, 0.1) is 25.4 Å². The maximum Gasteiger partial charge on any atom is 0.119 e. The predicted molar refractivity (Wildman–Crippen MR) is 90.1 cm³/mol. The quantitative estimate of drug-likeness (QED) is 0.519. The minimum Gasteiger partial charge on any atom is -0.494 e. The average molecular weight is 309 g/mol. The maximum absolute atomic E-state index is 9.14. The van der Waals surface area contributed by atoms with Gasteiger partial charge in [-0.3, -0.25) is 0 Å². The van der Waals surface area contributed by atoms with Gasteiger partial charge in [0.2, 0.25) is 0 Å². The molecule has 0 aromatic heterocycles. The third-order valence-corrected chi connectivity index (χ3v) is 3.96. The molecule has 0 spiro atoms. The van der Waals surface area contributed by atoms with Crippen LogP contribution in [0.5, 0.6) is 5.75 Å². The summed E-state index contributed by atoms with van der Waals surface area (Å²) in [7, 11) is 0. The van der Waals surface area contributed by atoms with Gasteiger partial charge in [0.15, 0.2) is 0 Å². The molecular weight excluding hydrogens is 278 g/mol. The Kier molecular flexibility index (Phi) is 9.13. The first-order valence-electron chi connectivity index (χ1n) is 8.36. The van der Waals surface area contributed by atoms with E-state index in [-0.39, 0.29) is 13.2 Å². The van der Waals surface area contributed by atoms with E-state index in [1.807, 2.05) is 12.1 Å². The van der Waals surface area contributed by atoms with Crippen molar-refractivity contribution in [2.45, 2.75) is 57.4 Å². The van der Waals surface area contributed by atoms with Crippen molar-refractivity contribution < 1.29 is 14.9 Å². The van der Waals surface area contributed by atoms with Gasteiger partial charge < -0.3 is 20.7 Å². The fourth-order valence-electron chi connectivity index (χ4n) is 2.31. The third-order valence-electron chi connectivity index (χ3n) is 3.96. The Morgan fingerprint density at radius 2 is 1.68 bits per heavy atom. The van der Waals surface area contributed by atoms with Gasteiger partial charge in [-0.15, -0.1) is 0 Å². The first-order chi connectivity index (χ1) is 10.6. The molecule has 4 N–H and O–H groups in total. The zero-order chi connectivity index (χ0) is 16.3. The van der Waals surface area contributed by atoms with E-state index in [2.05, 4.69) is 19.1 Å². The van der Waals surface area contributed by atoms with Crippen LogP contribution in [0.25, 0.3) is 0 Å². The summed E-state index contributed by atoms with van der Waals surface area (Å²) in [6.07, 6.45) is 7.03. The van der Waals surface area contributed by atoms with E-state index >= 15 is 0 Å². The predicted octanol–water partition coefficient (Wildman–Crippen LogP) is 2.65. The molecule has 126 valence electrons. The van der Waals surface area contributed by atoms with Crippen molar-refractivity contribution in [2.75, 3.05) is 19.8 Å². The van der Waals surface area contributed by atoms with Gasteiger partial charge in [0.25, 0.3) is 0 Å². The Morgan fingerprint density at radius 3 is 2.27 bits per heavy atom. The molecule has 0 heterocycles. The van der Waals surface area contributed by atoms with Crippen molar-refractivity contribution in [3.63, 3.8) is 0 Å². The SMILES string of the molecule is CCCCCOc1ccc(CCCCC(N)(CO)CO)cc1. The molecule has 0 unspecified atom stereocenters. The molecule has 0 saturated carbocycles. The molecule has 0 amide bonds. The van der Waals surface area contributed by atoms with Crippen molar-refractivity contribution in [2.24, 2.45) is 5.73 Å². The first kappa shape index (κ1) is 18.9. The van der Waals surface area contributed by atoms with Crippen LogP contribution in [-0.2, 0) is 6.42 Å². The number of benzene rings is 1. The minimum atomic E-state index is -0.837. The highest BCUT2D eigenvalue weighted by Crippen LogP contribution is 2.16. The van der Waals surface area contributed by atoms with Crippen molar-refractivity contribution in [3.8, 4) is 5.75 Å². The lowest BCUT2D eigenvalue weighted by molar-refractivity contribution is 0.112. The molecule has 4 heteroatoms. The van der Waals surface area contributed by atoms with Crippen molar-refractivity contribution in [1.29, 1.82) is 0 Å². The zero-order valence-corrected chi connectivity index (χ0v) is 13.8. The van der Waals surface area contributed by atoms with Gasteiger partial charge in [-0.2, -0.15) is 0 Å². The second kappa shape index (κ2) is 10.6. The first-order valence-corrected chi connectivity index (χ1v) is 8.36. The van der Waals surface area contributed by atoms with E-state index in [1.54, 1.807) is 0 Å². The summed E-state index contributed by atoms with van der Waals surface area (Å²) in [5.41, 5.74) is 6.28. The van der Waals surface area contributed by atoms with E-state index in [0.717, 1.165) is 38.0 Å². The number of aryl methyl sites for hydroxylation is 1. The molecule has 0 radical (unpaired) electrons. The monoisotopic (exact) mass is 309 g/mol. The summed E-state index contributed by atoms with van der Waals surface area (Å²) >= 11 is 0. The lowest BCUT2D eigenvalue weighted by Crippen LogP contribution is -2.47. The van der Waals surface area contributed by atoms with Crippen LogP contribution in [0.4, 0.5) is 0 Å². The van der Waals surface area contributed by atoms with E-state index < -0.39 is 5.54 Å². The highest BCUT2D eigenvalue weighted by Gasteiger charge is 2.21. The van der Waals surface area contributed by atoms with E-state index in [1.165, 1.54) is 18.4 Å². The fourth-order valence-corrected chi connectivity index (χ4v) is 2.31. The summed E-state index contributed by atoms with van der Waals surface area (Å²) in [5, 5.41) is 18.3. The number of hydrogen-bond acceptors (Lipinski definition) is 4. The Morgan fingerprint density at radius 1 is 1.00 bits per heavy atom. The Labute approximate surface area is 134 Å². The number of aliphatic hydroxyl groups is 2. The van der Waals surface area contributed by atoms with Gasteiger partial charge in [0.1, 0.15) is 5.75 Å². The normalized spacial score (nSPS) is 11.6. The summed E-state index contributed by atoms with van der Waals surface area (Å²) in [5.74, 6) is 0.932. The van der Waals surface area contributed by atoms with Gasteiger partial charge in [-0.25, -0.2) is 0 Å². The van der Waals surface area contributed by atoms with Gasteiger partial charge >= 0.3 is 0 Å². The van der Waals surface area contributed by atoms with Crippen LogP contribution >= 0.6 is 0 Å². The molecule has 1 aromatic carbocycles. The smallest absolute Gasteiger partial charge is 0.119 e. The lowest BCUT2D eigenvalue weighted by Gasteiger charge is -2.24. The molecule has 22 heavy (non-hydrogen) atoms. The van der Waals surface area contributed by atoms with Crippen LogP contribution in [0.3, 0.4) is 0 Å². The number of nitrogens with two attached hydrogens (primary N) is 1. The Bertz CT molecular complexity index is 388. The molecular formula is C18H31NO3. The van der Waals surface area contributed by atoms with Crippen LogP contribution in [-0.4, -0.2) is 35.6 Å². The summed E-state index contributed by atoms with van der Waals surface area (Å²) in [4.78, 5) is 0. The molecule has 0 fully saturated rings. The van der Waals surface area contributed by atoms with Crippen LogP contribution in [0.1, 0.15) is 51.0 Å². The van der Waals surface area contributed by atoms with Gasteiger partial charge in [0, 0.05) is 0 Å². The number of aliphatic hydroxyl groups excluding tert-OH is 2. The maximum atomic E-state index is 9.14. The minimum absolute atomic E-state index is 0.173. The third kappa shape index (κ3) is 7.25. The van der Waals surface area contributed by atoms with Crippen LogP contribution in [0, 0.1) is 0 Å². The topological polar surface area (TPSA) is 75.7 Å². The van der Waals surface area contributed by atoms with Crippen molar-refractivity contribution >= 4 is 0 Å². The second-order valence-corrected chi connectivity index (χ2v) is 6.09. The number of rotatable bonds is 12. The molecule has 4 nitrogen and oxygen atoms in total. The molecule has 0 atom stereocenters. The Hall–Kier alpha value is -1.10. The van der Waals surface area contributed by atoms with Crippen molar-refractivity contribution in [3.05, 3.63) is 29.8 Å². The van der Waals surface area contributed by atoms with Gasteiger partial charge in [-0.1, -0.05) is 38.3 Å². The largest absolute Gasteiger partial charge is 0.494 e. The molecule has 1 aromatic rings. The molecule has 1 rings (SSSR count). The van der Waals surface area contributed by atoms with E-state index in [9.17, 15) is 0 Å². The lowest BCUT2D eigenvalue weighted by atomic mass is 9.94. The highest BCUT2D eigenvalue weighted by molar-refractivity contribution is 5.27. The number of hydrogen-bond donors (Lipinski definition) is 3. The summed E-state index contributed by atoms with van der Waals surface area (Å²) < 4.78 is 5.69. The number of ether oxygens (including phenoxy) is 1. The Balaban J connectivity index is 2.24. The van der Waals surface area contributed by atoms with Crippen LogP contribution < -0.4 is 10.5 Å². The fraction of sp³-hybridized carbons (Fsp3) is 0.667. The van der Waals surface area contributed by atoms with E-state index in [0.29, 0.717) is 6.42 Å². The zero-order valence-electron chi connectivity index (χ0n) is 13.8. The molecule has 0 aliphatic carbocycles.